The van der Waals surface area contributed by atoms with Gasteiger partial charge in [0.15, 0.2) is 6.61 Å². The Hall–Kier alpha value is -1.22. The zero-order chi connectivity index (χ0) is 13.2. The number of amides is 1. The first-order valence-electron chi connectivity index (χ1n) is 6.88. The molecular formula is C15H18ClNO2. The Balaban J connectivity index is 1.47. The van der Waals surface area contributed by atoms with Gasteiger partial charge in [0.05, 0.1) is 0 Å². The highest BCUT2D eigenvalue weighted by molar-refractivity contribution is 6.30. The summed E-state index contributed by atoms with van der Waals surface area (Å²) in [5.74, 6) is 2.14. The third-order valence-corrected chi connectivity index (χ3v) is 4.49. The third kappa shape index (κ3) is 3.03. The lowest BCUT2D eigenvalue weighted by atomic mass is 9.95. The van der Waals surface area contributed by atoms with Gasteiger partial charge in [-0.2, -0.15) is 0 Å². The number of benzene rings is 1. The van der Waals surface area contributed by atoms with E-state index in [1.54, 1.807) is 18.2 Å². The Kier molecular flexibility index (Phi) is 3.65. The van der Waals surface area contributed by atoms with Gasteiger partial charge in [0.1, 0.15) is 5.75 Å². The van der Waals surface area contributed by atoms with Crippen LogP contribution in [-0.2, 0) is 4.79 Å². The molecule has 1 aromatic rings. The van der Waals surface area contributed by atoms with E-state index in [0.29, 0.717) is 22.7 Å². The molecule has 0 heterocycles. The molecule has 0 spiro atoms. The molecule has 2 bridgehead atoms. The van der Waals surface area contributed by atoms with Crippen LogP contribution in [0.25, 0.3) is 0 Å². The van der Waals surface area contributed by atoms with Crippen molar-refractivity contribution in [3.05, 3.63) is 29.3 Å². The van der Waals surface area contributed by atoms with E-state index >= 15 is 0 Å². The van der Waals surface area contributed by atoms with Crippen molar-refractivity contribution in [2.24, 2.45) is 11.8 Å². The van der Waals surface area contributed by atoms with Gasteiger partial charge < -0.3 is 10.1 Å². The van der Waals surface area contributed by atoms with Gasteiger partial charge in [-0.25, -0.2) is 0 Å². The van der Waals surface area contributed by atoms with Crippen LogP contribution >= 0.6 is 11.6 Å². The number of rotatable bonds is 4. The number of ether oxygens (including phenoxy) is 1. The molecule has 2 aliphatic carbocycles. The second kappa shape index (κ2) is 5.41. The Morgan fingerprint density at radius 2 is 2.26 bits per heavy atom. The molecule has 0 radical (unpaired) electrons. The van der Waals surface area contributed by atoms with Crippen LogP contribution in [0.2, 0.25) is 5.02 Å². The molecule has 0 saturated heterocycles. The molecule has 2 fully saturated rings. The number of carbonyl (C=O) groups excluding carboxylic acids is 1. The average Bonchev–Trinajstić information content (AvgIpc) is 2.99. The fourth-order valence-corrected chi connectivity index (χ4v) is 3.56. The van der Waals surface area contributed by atoms with Crippen LogP contribution in [0.3, 0.4) is 0 Å². The number of halogens is 1. The molecule has 102 valence electrons. The summed E-state index contributed by atoms with van der Waals surface area (Å²) >= 11 is 5.86. The van der Waals surface area contributed by atoms with E-state index in [1.807, 2.05) is 6.07 Å². The van der Waals surface area contributed by atoms with Crippen molar-refractivity contribution in [3.8, 4) is 5.75 Å². The smallest absolute Gasteiger partial charge is 0.258 e. The molecule has 3 atom stereocenters. The lowest BCUT2D eigenvalue weighted by Gasteiger charge is -2.22. The number of hydrogen-bond acceptors (Lipinski definition) is 2. The molecule has 0 unspecified atom stereocenters. The van der Waals surface area contributed by atoms with Crippen molar-refractivity contribution >= 4 is 17.5 Å². The molecule has 1 N–H and O–H groups in total. The second-order valence-corrected chi connectivity index (χ2v) is 6.03. The normalized spacial score (nSPS) is 28.4. The molecule has 2 saturated carbocycles. The molecule has 19 heavy (non-hydrogen) atoms. The molecule has 4 heteroatoms. The van der Waals surface area contributed by atoms with Gasteiger partial charge in [-0.15, -0.1) is 0 Å². The SMILES string of the molecule is O=C(COc1cccc(Cl)c1)N[C@H]1C[C@H]2CC[C@@H]1C2. The molecule has 1 amide bonds. The van der Waals surface area contributed by atoms with E-state index in [2.05, 4.69) is 5.32 Å². The van der Waals surface area contributed by atoms with Crippen LogP contribution < -0.4 is 10.1 Å². The summed E-state index contributed by atoms with van der Waals surface area (Å²) in [4.78, 5) is 11.9. The van der Waals surface area contributed by atoms with Crippen LogP contribution in [0.1, 0.15) is 25.7 Å². The van der Waals surface area contributed by atoms with E-state index in [4.69, 9.17) is 16.3 Å². The average molecular weight is 280 g/mol. The lowest BCUT2D eigenvalue weighted by Crippen LogP contribution is -2.40. The Morgan fingerprint density at radius 3 is 2.95 bits per heavy atom. The summed E-state index contributed by atoms with van der Waals surface area (Å²) in [6.07, 6.45) is 5.05. The minimum Gasteiger partial charge on any atom is -0.484 e. The summed E-state index contributed by atoms with van der Waals surface area (Å²) in [5.41, 5.74) is 0. The van der Waals surface area contributed by atoms with Crippen LogP contribution in [0, 0.1) is 11.8 Å². The van der Waals surface area contributed by atoms with Crippen molar-refractivity contribution in [2.75, 3.05) is 6.61 Å². The quantitative estimate of drug-likeness (QED) is 0.920. The minimum atomic E-state index is -0.0301. The maximum atomic E-state index is 11.9. The van der Waals surface area contributed by atoms with Gasteiger partial charge in [-0.3, -0.25) is 4.79 Å². The Bertz CT molecular complexity index is 477. The summed E-state index contributed by atoms with van der Waals surface area (Å²) in [7, 11) is 0. The molecule has 2 aliphatic rings. The molecule has 0 aromatic heterocycles. The zero-order valence-corrected chi connectivity index (χ0v) is 11.5. The van der Waals surface area contributed by atoms with Gasteiger partial charge >= 0.3 is 0 Å². The van der Waals surface area contributed by atoms with Crippen molar-refractivity contribution < 1.29 is 9.53 Å². The predicted molar refractivity (Wildman–Crippen MR) is 74.3 cm³/mol. The van der Waals surface area contributed by atoms with Crippen LogP contribution in [-0.4, -0.2) is 18.6 Å². The van der Waals surface area contributed by atoms with Gasteiger partial charge in [-0.05, 0) is 49.3 Å². The molecule has 0 aliphatic heterocycles. The van der Waals surface area contributed by atoms with Gasteiger partial charge in [0.25, 0.3) is 5.91 Å². The van der Waals surface area contributed by atoms with Crippen molar-refractivity contribution in [3.63, 3.8) is 0 Å². The highest BCUT2D eigenvalue weighted by Crippen LogP contribution is 2.44. The topological polar surface area (TPSA) is 38.3 Å². The Labute approximate surface area is 118 Å². The van der Waals surface area contributed by atoms with Crippen molar-refractivity contribution in [1.29, 1.82) is 0 Å². The number of hydrogen-bond donors (Lipinski definition) is 1. The third-order valence-electron chi connectivity index (χ3n) is 4.25. The Morgan fingerprint density at radius 1 is 1.37 bits per heavy atom. The minimum absolute atomic E-state index is 0.0301. The van der Waals surface area contributed by atoms with E-state index in [1.165, 1.54) is 19.3 Å². The fourth-order valence-electron chi connectivity index (χ4n) is 3.38. The predicted octanol–water partition coefficient (Wildman–Crippen LogP) is 3.02. The van der Waals surface area contributed by atoms with E-state index in [-0.39, 0.29) is 12.5 Å². The van der Waals surface area contributed by atoms with E-state index in [0.717, 1.165) is 12.3 Å². The highest BCUT2D eigenvalue weighted by Gasteiger charge is 2.40. The maximum absolute atomic E-state index is 11.9. The first-order valence-corrected chi connectivity index (χ1v) is 7.26. The lowest BCUT2D eigenvalue weighted by molar-refractivity contribution is -0.124. The van der Waals surface area contributed by atoms with Gasteiger partial charge in [0.2, 0.25) is 0 Å². The largest absolute Gasteiger partial charge is 0.484 e. The van der Waals surface area contributed by atoms with Crippen LogP contribution in [0.5, 0.6) is 5.75 Å². The fraction of sp³-hybridized carbons (Fsp3) is 0.533. The van der Waals surface area contributed by atoms with Crippen LogP contribution in [0.15, 0.2) is 24.3 Å². The second-order valence-electron chi connectivity index (χ2n) is 5.59. The highest BCUT2D eigenvalue weighted by atomic mass is 35.5. The van der Waals surface area contributed by atoms with Gasteiger partial charge in [0, 0.05) is 11.1 Å². The molecular weight excluding hydrogens is 262 g/mol. The first kappa shape index (κ1) is 12.8. The summed E-state index contributed by atoms with van der Waals surface area (Å²) < 4.78 is 5.44. The number of fused-ring (bicyclic) bond motifs is 2. The summed E-state index contributed by atoms with van der Waals surface area (Å²) in [6, 6.07) is 7.48. The van der Waals surface area contributed by atoms with E-state index in [9.17, 15) is 4.79 Å². The zero-order valence-electron chi connectivity index (χ0n) is 10.8. The van der Waals surface area contributed by atoms with E-state index < -0.39 is 0 Å². The van der Waals surface area contributed by atoms with Crippen LogP contribution in [0.4, 0.5) is 0 Å². The van der Waals surface area contributed by atoms with Gasteiger partial charge in [-0.1, -0.05) is 24.1 Å². The summed E-state index contributed by atoms with van der Waals surface area (Å²) in [5, 5.41) is 3.71. The van der Waals surface area contributed by atoms with Crippen molar-refractivity contribution in [2.45, 2.75) is 31.7 Å². The molecule has 3 nitrogen and oxygen atoms in total. The maximum Gasteiger partial charge on any atom is 0.258 e. The number of nitrogens with one attached hydrogen (secondary N) is 1. The number of carbonyl (C=O) groups is 1. The molecule has 1 aromatic carbocycles. The molecule has 3 rings (SSSR count). The first-order chi connectivity index (χ1) is 9.20. The standard InChI is InChI=1S/C15H18ClNO2/c16-12-2-1-3-13(8-12)19-9-15(18)17-14-7-10-4-5-11(14)6-10/h1-3,8,10-11,14H,4-7,9H2,(H,17,18)/t10-,11+,14-/m0/s1. The van der Waals surface area contributed by atoms with Crippen molar-refractivity contribution in [1.82, 2.24) is 5.32 Å². The summed E-state index contributed by atoms with van der Waals surface area (Å²) in [6.45, 7) is 0.0637. The monoisotopic (exact) mass is 279 g/mol.